The first kappa shape index (κ1) is 12.9. The second kappa shape index (κ2) is 5.45. The van der Waals surface area contributed by atoms with Crippen LogP contribution in [0, 0.1) is 0 Å². The third kappa shape index (κ3) is 2.59. The summed E-state index contributed by atoms with van der Waals surface area (Å²) in [6.45, 7) is 0. The number of hydrogen-bond donors (Lipinski definition) is 4. The molecule has 0 aliphatic carbocycles. The van der Waals surface area contributed by atoms with E-state index in [1.165, 1.54) is 12.3 Å². The lowest BCUT2D eigenvalue weighted by molar-refractivity contribution is 0.472. The SMILES string of the molecule is CNc1cccnc1C1=NNC(c2ccc(O)cn2)=NN1. The van der Waals surface area contributed by atoms with Crippen molar-refractivity contribution in [3.8, 4) is 5.75 Å². The highest BCUT2D eigenvalue weighted by molar-refractivity contribution is 6.06. The molecular formula is C13H13N7O. The third-order valence-electron chi connectivity index (χ3n) is 2.84. The van der Waals surface area contributed by atoms with Crippen molar-refractivity contribution in [2.45, 2.75) is 0 Å². The molecule has 8 nitrogen and oxygen atoms in total. The molecule has 8 heteroatoms. The number of aromatic nitrogens is 2. The lowest BCUT2D eigenvalue weighted by Crippen LogP contribution is -2.35. The van der Waals surface area contributed by atoms with Gasteiger partial charge in [0, 0.05) is 13.2 Å². The van der Waals surface area contributed by atoms with Gasteiger partial charge in [-0.25, -0.2) is 4.98 Å². The number of aromatic hydroxyl groups is 1. The van der Waals surface area contributed by atoms with Gasteiger partial charge in [-0.05, 0) is 24.3 Å². The van der Waals surface area contributed by atoms with E-state index in [1.54, 1.807) is 12.3 Å². The number of rotatable bonds is 3. The molecule has 1 aliphatic rings. The number of pyridine rings is 2. The Hall–Kier alpha value is -3.16. The zero-order chi connectivity index (χ0) is 14.7. The molecular weight excluding hydrogens is 270 g/mol. The fraction of sp³-hybridized carbons (Fsp3) is 0.0769. The summed E-state index contributed by atoms with van der Waals surface area (Å²) in [4.78, 5) is 8.32. The van der Waals surface area contributed by atoms with Gasteiger partial charge in [0.25, 0.3) is 0 Å². The van der Waals surface area contributed by atoms with Crippen LogP contribution in [-0.2, 0) is 0 Å². The van der Waals surface area contributed by atoms with E-state index in [-0.39, 0.29) is 5.75 Å². The Labute approximate surface area is 120 Å². The van der Waals surface area contributed by atoms with E-state index in [1.807, 2.05) is 19.2 Å². The predicted molar refractivity (Wildman–Crippen MR) is 79.0 cm³/mol. The van der Waals surface area contributed by atoms with Crippen molar-refractivity contribution in [1.82, 2.24) is 20.8 Å². The summed E-state index contributed by atoms with van der Waals surface area (Å²) in [6.07, 6.45) is 3.03. The number of anilines is 1. The van der Waals surface area contributed by atoms with Gasteiger partial charge in [0.15, 0.2) is 11.7 Å². The van der Waals surface area contributed by atoms with Crippen molar-refractivity contribution in [2.24, 2.45) is 10.2 Å². The average Bonchev–Trinajstić information content (AvgIpc) is 2.56. The van der Waals surface area contributed by atoms with Crippen LogP contribution in [0.5, 0.6) is 5.75 Å². The third-order valence-corrected chi connectivity index (χ3v) is 2.84. The molecule has 2 aromatic heterocycles. The minimum atomic E-state index is 0.0967. The summed E-state index contributed by atoms with van der Waals surface area (Å²) in [6, 6.07) is 6.90. The normalized spacial score (nSPS) is 13.6. The van der Waals surface area contributed by atoms with Gasteiger partial charge in [-0.3, -0.25) is 15.8 Å². The van der Waals surface area contributed by atoms with Gasteiger partial charge < -0.3 is 10.4 Å². The molecule has 0 bridgehead atoms. The van der Waals surface area contributed by atoms with E-state index < -0.39 is 0 Å². The van der Waals surface area contributed by atoms with E-state index in [0.717, 1.165) is 5.69 Å². The van der Waals surface area contributed by atoms with Crippen LogP contribution >= 0.6 is 0 Å². The summed E-state index contributed by atoms with van der Waals surface area (Å²) in [5.41, 5.74) is 7.73. The molecule has 0 saturated heterocycles. The summed E-state index contributed by atoms with van der Waals surface area (Å²) in [7, 11) is 1.81. The maximum atomic E-state index is 9.22. The van der Waals surface area contributed by atoms with E-state index >= 15 is 0 Å². The largest absolute Gasteiger partial charge is 0.506 e. The average molecular weight is 283 g/mol. The van der Waals surface area contributed by atoms with E-state index in [4.69, 9.17) is 0 Å². The quantitative estimate of drug-likeness (QED) is 0.651. The first-order valence-electron chi connectivity index (χ1n) is 6.24. The van der Waals surface area contributed by atoms with Crippen LogP contribution in [0.2, 0.25) is 0 Å². The molecule has 0 amide bonds. The van der Waals surface area contributed by atoms with Gasteiger partial charge in [-0.1, -0.05) is 0 Å². The summed E-state index contributed by atoms with van der Waals surface area (Å²) >= 11 is 0. The maximum Gasteiger partial charge on any atom is 0.194 e. The molecule has 0 aromatic carbocycles. The summed E-state index contributed by atoms with van der Waals surface area (Å²) in [5, 5.41) is 20.6. The van der Waals surface area contributed by atoms with Crippen molar-refractivity contribution in [3.63, 3.8) is 0 Å². The summed E-state index contributed by atoms with van der Waals surface area (Å²) in [5.74, 6) is 1.06. The molecule has 0 atom stereocenters. The number of nitrogens with one attached hydrogen (secondary N) is 3. The van der Waals surface area contributed by atoms with Crippen molar-refractivity contribution < 1.29 is 5.11 Å². The molecule has 0 saturated carbocycles. The van der Waals surface area contributed by atoms with Crippen LogP contribution < -0.4 is 16.2 Å². The van der Waals surface area contributed by atoms with Gasteiger partial charge in [0.2, 0.25) is 0 Å². The van der Waals surface area contributed by atoms with Crippen molar-refractivity contribution in [1.29, 1.82) is 0 Å². The molecule has 4 N–H and O–H groups in total. The van der Waals surface area contributed by atoms with Gasteiger partial charge >= 0.3 is 0 Å². The van der Waals surface area contributed by atoms with Crippen LogP contribution in [0.1, 0.15) is 11.4 Å². The Morgan fingerprint density at radius 3 is 2.52 bits per heavy atom. The Bertz CT molecular complexity index is 709. The number of nitrogens with zero attached hydrogens (tertiary/aromatic N) is 4. The van der Waals surface area contributed by atoms with E-state index in [9.17, 15) is 5.11 Å². The first-order chi connectivity index (χ1) is 10.3. The Balaban J connectivity index is 1.81. The smallest absolute Gasteiger partial charge is 0.194 e. The van der Waals surface area contributed by atoms with Crippen molar-refractivity contribution >= 4 is 17.4 Å². The van der Waals surface area contributed by atoms with E-state index in [0.29, 0.717) is 23.1 Å². The van der Waals surface area contributed by atoms with Crippen LogP contribution in [0.15, 0.2) is 46.9 Å². The zero-order valence-electron chi connectivity index (χ0n) is 11.2. The second-order valence-electron chi connectivity index (χ2n) is 4.20. The van der Waals surface area contributed by atoms with Gasteiger partial charge in [-0.15, -0.1) is 0 Å². The monoisotopic (exact) mass is 283 g/mol. The Morgan fingerprint density at radius 2 is 1.86 bits per heavy atom. The van der Waals surface area contributed by atoms with Crippen LogP contribution in [0.3, 0.4) is 0 Å². The molecule has 0 fully saturated rings. The number of hydrazone groups is 2. The van der Waals surface area contributed by atoms with Gasteiger partial charge in [0.05, 0.1) is 11.9 Å². The van der Waals surface area contributed by atoms with Gasteiger partial charge in [-0.2, -0.15) is 10.2 Å². The minimum Gasteiger partial charge on any atom is -0.506 e. The maximum absolute atomic E-state index is 9.22. The predicted octanol–water partition coefficient (Wildman–Crippen LogP) is 0.440. The second-order valence-corrected chi connectivity index (χ2v) is 4.20. The molecule has 0 radical (unpaired) electrons. The first-order valence-corrected chi connectivity index (χ1v) is 6.24. The number of amidine groups is 2. The van der Waals surface area contributed by atoms with Crippen LogP contribution in [0.4, 0.5) is 5.69 Å². The van der Waals surface area contributed by atoms with Crippen LogP contribution in [-0.4, -0.2) is 33.8 Å². The highest BCUT2D eigenvalue weighted by atomic mass is 16.3. The van der Waals surface area contributed by atoms with E-state index in [2.05, 4.69) is 36.3 Å². The highest BCUT2D eigenvalue weighted by Crippen LogP contribution is 2.12. The number of hydrogen-bond acceptors (Lipinski definition) is 8. The molecule has 106 valence electrons. The minimum absolute atomic E-state index is 0.0967. The lowest BCUT2D eigenvalue weighted by Gasteiger charge is -2.15. The molecule has 0 spiro atoms. The molecule has 2 aromatic rings. The lowest BCUT2D eigenvalue weighted by atomic mass is 10.2. The van der Waals surface area contributed by atoms with Crippen molar-refractivity contribution in [2.75, 3.05) is 12.4 Å². The Kier molecular flexibility index (Phi) is 3.34. The topological polar surface area (TPSA) is 107 Å². The molecule has 3 heterocycles. The fourth-order valence-electron chi connectivity index (χ4n) is 1.81. The van der Waals surface area contributed by atoms with Crippen molar-refractivity contribution in [3.05, 3.63) is 48.0 Å². The summed E-state index contributed by atoms with van der Waals surface area (Å²) < 4.78 is 0. The standard InChI is InChI=1S/C13H13N7O/c1-14-9-3-2-6-15-11(9)13-19-17-12(18-20-13)10-5-4-8(21)7-16-10/h2-7,14,21H,1H3,(H,17,18)(H,19,20). The Morgan fingerprint density at radius 1 is 1.05 bits per heavy atom. The molecule has 3 rings (SSSR count). The van der Waals surface area contributed by atoms with Crippen LogP contribution in [0.25, 0.3) is 0 Å². The highest BCUT2D eigenvalue weighted by Gasteiger charge is 2.15. The molecule has 1 aliphatic heterocycles. The fourth-order valence-corrected chi connectivity index (χ4v) is 1.81. The zero-order valence-corrected chi connectivity index (χ0v) is 11.2. The van der Waals surface area contributed by atoms with Gasteiger partial charge in [0.1, 0.15) is 17.1 Å². The molecule has 0 unspecified atom stereocenters. The molecule has 21 heavy (non-hydrogen) atoms.